The van der Waals surface area contributed by atoms with E-state index in [4.69, 9.17) is 4.74 Å². The topological polar surface area (TPSA) is 109 Å². The van der Waals surface area contributed by atoms with Crippen LogP contribution >= 0.6 is 23.1 Å². The van der Waals surface area contributed by atoms with E-state index in [1.807, 2.05) is 42.5 Å². The number of thiazole rings is 1. The number of imide groups is 1. The molecule has 2 N–H and O–H groups in total. The Morgan fingerprint density at radius 3 is 2.42 bits per heavy atom. The molecule has 1 saturated heterocycles. The standard InChI is InChI=1S/C32H22FN3O5S2/c33-20-8-11-22(12-9-20)36-30(38)26-25(27-29(35-32(40)43-27)42-28(26)31(36)39)18-6-13-23(14-7-18)41-16-24(37)34-21-10-5-17-3-1-2-4-19(17)15-21/h1-15,25-26,28H,16H2,(H,34,37)(H,35,40)/t25-,26?,28?/m1/s1. The predicted molar refractivity (Wildman–Crippen MR) is 163 cm³/mol. The Bertz CT molecular complexity index is 1950. The van der Waals surface area contributed by atoms with Crippen molar-refractivity contribution in [1.82, 2.24) is 4.98 Å². The minimum Gasteiger partial charge on any atom is -0.484 e. The molecule has 0 aliphatic carbocycles. The van der Waals surface area contributed by atoms with Gasteiger partial charge in [-0.2, -0.15) is 0 Å². The van der Waals surface area contributed by atoms with E-state index in [0.29, 0.717) is 27.0 Å². The maximum atomic E-state index is 13.7. The van der Waals surface area contributed by atoms with Crippen LogP contribution in [0.5, 0.6) is 5.75 Å². The van der Waals surface area contributed by atoms with Crippen molar-refractivity contribution in [3.05, 3.63) is 117 Å². The third kappa shape index (κ3) is 5.00. The summed E-state index contributed by atoms with van der Waals surface area (Å²) in [5, 5.41) is 4.74. The zero-order valence-corrected chi connectivity index (χ0v) is 23.9. The molecule has 2 unspecified atom stereocenters. The first-order valence-electron chi connectivity index (χ1n) is 13.4. The third-order valence-electron chi connectivity index (χ3n) is 7.55. The van der Waals surface area contributed by atoms with Gasteiger partial charge in [-0.15, -0.1) is 0 Å². The van der Waals surface area contributed by atoms with Crippen LogP contribution in [0.15, 0.2) is 101 Å². The Morgan fingerprint density at radius 2 is 1.65 bits per heavy atom. The smallest absolute Gasteiger partial charge is 0.305 e. The van der Waals surface area contributed by atoms with Gasteiger partial charge in [0.15, 0.2) is 6.61 Å². The summed E-state index contributed by atoms with van der Waals surface area (Å²) in [4.78, 5) is 56.4. The van der Waals surface area contributed by atoms with Crippen LogP contribution in [0.3, 0.4) is 0 Å². The number of rotatable bonds is 6. The van der Waals surface area contributed by atoms with Crippen molar-refractivity contribution in [1.29, 1.82) is 0 Å². The van der Waals surface area contributed by atoms with Crippen molar-refractivity contribution in [2.24, 2.45) is 5.92 Å². The van der Waals surface area contributed by atoms with Gasteiger partial charge in [0.25, 0.3) is 5.91 Å². The van der Waals surface area contributed by atoms with Crippen molar-refractivity contribution < 1.29 is 23.5 Å². The number of nitrogens with zero attached hydrogens (tertiary/aromatic N) is 1. The highest BCUT2D eigenvalue weighted by molar-refractivity contribution is 8.00. The monoisotopic (exact) mass is 611 g/mol. The van der Waals surface area contributed by atoms with Crippen molar-refractivity contribution in [3.63, 3.8) is 0 Å². The molecule has 3 atom stereocenters. The van der Waals surface area contributed by atoms with Crippen LogP contribution < -0.4 is 19.8 Å². The lowest BCUT2D eigenvalue weighted by Gasteiger charge is -2.29. The van der Waals surface area contributed by atoms with E-state index in [0.717, 1.165) is 32.6 Å². The van der Waals surface area contributed by atoms with Gasteiger partial charge in [0.05, 0.1) is 16.6 Å². The SMILES string of the molecule is O=C(COc1ccc([C@H]2c3sc(=O)[nH]c3SC3C(=O)N(c4ccc(F)cc4)C(=O)C32)cc1)Nc1ccc2ccccc2c1. The van der Waals surface area contributed by atoms with E-state index < -0.39 is 34.7 Å². The van der Waals surface area contributed by atoms with Crippen LogP contribution in [0.4, 0.5) is 15.8 Å². The highest BCUT2D eigenvalue weighted by Gasteiger charge is 2.56. The van der Waals surface area contributed by atoms with Gasteiger partial charge < -0.3 is 15.0 Å². The van der Waals surface area contributed by atoms with Crippen LogP contribution in [0.25, 0.3) is 10.8 Å². The zero-order chi connectivity index (χ0) is 29.7. The zero-order valence-electron chi connectivity index (χ0n) is 22.3. The van der Waals surface area contributed by atoms with E-state index in [2.05, 4.69) is 10.3 Å². The minimum atomic E-state index is -0.763. The number of benzene rings is 4. The van der Waals surface area contributed by atoms with Crippen molar-refractivity contribution in [2.75, 3.05) is 16.8 Å². The maximum Gasteiger partial charge on any atom is 0.305 e. The van der Waals surface area contributed by atoms with Gasteiger partial charge in [-0.3, -0.25) is 19.2 Å². The summed E-state index contributed by atoms with van der Waals surface area (Å²) in [6, 6.07) is 25.7. The first kappa shape index (κ1) is 27.1. The fourth-order valence-electron chi connectivity index (χ4n) is 5.61. The van der Waals surface area contributed by atoms with E-state index in [9.17, 15) is 23.6 Å². The number of carbonyl (C=O) groups is 3. The van der Waals surface area contributed by atoms with Gasteiger partial charge in [-0.1, -0.05) is 65.6 Å². The van der Waals surface area contributed by atoms with Crippen molar-refractivity contribution in [3.8, 4) is 5.75 Å². The summed E-state index contributed by atoms with van der Waals surface area (Å²) >= 11 is 2.19. The molecule has 8 nitrogen and oxygen atoms in total. The number of aromatic nitrogens is 1. The fourth-order valence-corrected chi connectivity index (χ4v) is 8.12. The first-order valence-corrected chi connectivity index (χ1v) is 15.1. The molecule has 7 rings (SSSR count). The number of fused-ring (bicyclic) bond motifs is 3. The van der Waals surface area contributed by atoms with Gasteiger partial charge in [0.2, 0.25) is 11.8 Å². The number of ether oxygens (including phenoxy) is 1. The van der Waals surface area contributed by atoms with Gasteiger partial charge >= 0.3 is 4.87 Å². The molecule has 2 aliphatic rings. The second-order valence-corrected chi connectivity index (χ2v) is 12.4. The Morgan fingerprint density at radius 1 is 0.907 bits per heavy atom. The average Bonchev–Trinajstić information content (AvgIpc) is 3.51. The summed E-state index contributed by atoms with van der Waals surface area (Å²) < 4.78 is 19.3. The Balaban J connectivity index is 1.10. The van der Waals surface area contributed by atoms with Crippen LogP contribution in [-0.4, -0.2) is 34.6 Å². The molecular formula is C32H22FN3O5S2. The number of H-pyrrole nitrogens is 1. The summed E-state index contributed by atoms with van der Waals surface area (Å²) in [7, 11) is 0. The summed E-state index contributed by atoms with van der Waals surface area (Å²) in [6.45, 7) is -0.208. The summed E-state index contributed by atoms with van der Waals surface area (Å²) in [6.07, 6.45) is 0. The quantitative estimate of drug-likeness (QED) is 0.244. The highest BCUT2D eigenvalue weighted by atomic mass is 32.2. The Hall–Kier alpha value is -4.74. The van der Waals surface area contributed by atoms with Gasteiger partial charge in [-0.25, -0.2) is 9.29 Å². The molecule has 0 saturated carbocycles. The Labute approximate surface area is 252 Å². The number of aromatic amines is 1. The highest BCUT2D eigenvalue weighted by Crippen LogP contribution is 2.53. The Kier molecular flexibility index (Phi) is 6.83. The second-order valence-electron chi connectivity index (χ2n) is 10.2. The summed E-state index contributed by atoms with van der Waals surface area (Å²) in [5.41, 5.74) is 1.69. The first-order chi connectivity index (χ1) is 20.9. The fraction of sp³-hybridized carbons (Fsp3) is 0.125. The van der Waals surface area contributed by atoms with E-state index in [1.165, 1.54) is 36.0 Å². The molecular weight excluding hydrogens is 590 g/mol. The van der Waals surface area contributed by atoms with E-state index in [-0.39, 0.29) is 17.4 Å². The van der Waals surface area contributed by atoms with Gasteiger partial charge in [0.1, 0.15) is 16.8 Å². The number of anilines is 2. The van der Waals surface area contributed by atoms with Gasteiger partial charge in [0, 0.05) is 16.5 Å². The van der Waals surface area contributed by atoms with E-state index >= 15 is 0 Å². The average molecular weight is 612 g/mol. The molecule has 1 fully saturated rings. The van der Waals surface area contributed by atoms with Crippen LogP contribution in [0.2, 0.25) is 0 Å². The lowest BCUT2D eigenvalue weighted by Crippen LogP contribution is -2.32. The molecule has 0 spiro atoms. The lowest BCUT2D eigenvalue weighted by molar-refractivity contribution is -0.122. The molecule has 0 radical (unpaired) electrons. The minimum absolute atomic E-state index is 0.208. The molecule has 3 heterocycles. The number of thioether (sulfide) groups is 1. The van der Waals surface area contributed by atoms with Crippen LogP contribution in [-0.2, 0) is 14.4 Å². The number of amides is 3. The number of halogens is 1. The van der Waals surface area contributed by atoms with Gasteiger partial charge in [-0.05, 0) is 64.9 Å². The number of hydrogen-bond acceptors (Lipinski definition) is 7. The largest absolute Gasteiger partial charge is 0.484 e. The molecule has 43 heavy (non-hydrogen) atoms. The number of nitrogens with one attached hydrogen (secondary N) is 2. The molecule has 214 valence electrons. The molecule has 11 heteroatoms. The van der Waals surface area contributed by atoms with E-state index in [1.54, 1.807) is 24.3 Å². The van der Waals surface area contributed by atoms with Crippen LogP contribution in [0.1, 0.15) is 16.4 Å². The molecule has 3 amide bonds. The predicted octanol–water partition coefficient (Wildman–Crippen LogP) is 5.54. The molecule has 1 aromatic heterocycles. The second kappa shape index (κ2) is 10.8. The summed E-state index contributed by atoms with van der Waals surface area (Å²) in [5.74, 6) is -2.48. The lowest BCUT2D eigenvalue weighted by atomic mass is 9.83. The van der Waals surface area contributed by atoms with Crippen LogP contribution in [0, 0.1) is 11.7 Å². The molecule has 4 aromatic carbocycles. The molecule has 2 aliphatic heterocycles. The number of hydrogen-bond donors (Lipinski definition) is 2. The third-order valence-corrected chi connectivity index (χ3v) is 9.95. The van der Waals surface area contributed by atoms with Crippen molar-refractivity contribution in [2.45, 2.75) is 16.2 Å². The van der Waals surface area contributed by atoms with Crippen molar-refractivity contribution >= 4 is 63.0 Å². The normalized spacial score (nSPS) is 19.3. The number of carbonyl (C=O) groups excluding carboxylic acids is 3. The molecule has 0 bridgehead atoms. The maximum absolute atomic E-state index is 13.7. The molecule has 5 aromatic rings.